The Labute approximate surface area is 93.4 Å². The van der Waals surface area contributed by atoms with E-state index >= 15 is 0 Å². The first-order chi connectivity index (χ1) is 6.47. The molecule has 0 rings (SSSR count). The molecule has 0 aliphatic heterocycles. The molecule has 4 heteroatoms. The first kappa shape index (κ1) is 14.9. The van der Waals surface area contributed by atoms with E-state index in [9.17, 15) is 4.57 Å². The lowest BCUT2D eigenvalue weighted by atomic mass is 10.2. The Bertz CT molecular complexity index is 238. The van der Waals surface area contributed by atoms with Gasteiger partial charge in [0.2, 0.25) is 0 Å². The van der Waals surface area contributed by atoms with E-state index in [-0.39, 0.29) is 6.16 Å². The Balaban J connectivity index is 4.75. The SMILES string of the molecule is C=CCP(=O)(OC(C)(C)C)OC(C)(C)C. The smallest absolute Gasteiger partial charge is 0.303 e. The third kappa shape index (κ3) is 7.78. The maximum atomic E-state index is 12.3. The molecule has 90 valence electrons. The summed E-state index contributed by atoms with van der Waals surface area (Å²) in [5, 5.41) is 0. The van der Waals surface area contributed by atoms with Gasteiger partial charge in [0.1, 0.15) is 0 Å². The standard InChI is InChI=1S/C11H23O3P/c1-8-9-15(12,13-10(2,3)4)14-11(5,6)7/h8H,1,9H2,2-7H3. The van der Waals surface area contributed by atoms with Crippen molar-refractivity contribution in [3.05, 3.63) is 12.7 Å². The summed E-state index contributed by atoms with van der Waals surface area (Å²) in [6.07, 6.45) is 1.81. The predicted octanol–water partition coefficient (Wildman–Crippen LogP) is 4.00. The van der Waals surface area contributed by atoms with Gasteiger partial charge in [-0.3, -0.25) is 4.57 Å². The van der Waals surface area contributed by atoms with Crippen LogP contribution in [-0.2, 0) is 13.6 Å². The number of allylic oxidation sites excluding steroid dienone is 1. The molecule has 0 unspecified atom stereocenters. The molecule has 0 spiro atoms. The van der Waals surface area contributed by atoms with Gasteiger partial charge in [-0.15, -0.1) is 6.58 Å². The molecule has 0 bridgehead atoms. The summed E-state index contributed by atoms with van der Waals surface area (Å²) >= 11 is 0. The van der Waals surface area contributed by atoms with Crippen LogP contribution in [-0.4, -0.2) is 17.4 Å². The molecule has 15 heavy (non-hydrogen) atoms. The maximum absolute atomic E-state index is 12.3. The van der Waals surface area contributed by atoms with Crippen molar-refractivity contribution in [2.45, 2.75) is 52.7 Å². The van der Waals surface area contributed by atoms with Gasteiger partial charge in [-0.1, -0.05) is 6.08 Å². The van der Waals surface area contributed by atoms with Gasteiger partial charge in [-0.25, -0.2) is 0 Å². The number of hydrogen-bond donors (Lipinski definition) is 0. The molecule has 3 nitrogen and oxygen atoms in total. The number of hydrogen-bond acceptors (Lipinski definition) is 3. The average Bonchev–Trinajstić information content (AvgIpc) is 1.74. The van der Waals surface area contributed by atoms with E-state index in [1.165, 1.54) is 0 Å². The molecule has 0 aromatic heterocycles. The molecule has 0 aliphatic rings. The zero-order chi connectivity index (χ0) is 12.3. The van der Waals surface area contributed by atoms with Gasteiger partial charge in [-0.05, 0) is 41.5 Å². The minimum atomic E-state index is -3.08. The quantitative estimate of drug-likeness (QED) is 0.545. The van der Waals surface area contributed by atoms with Gasteiger partial charge in [0, 0.05) is 0 Å². The third-order valence-corrected chi connectivity index (χ3v) is 3.54. The maximum Gasteiger partial charge on any atom is 0.335 e. The van der Waals surface area contributed by atoms with Gasteiger partial charge in [0.25, 0.3) is 0 Å². The van der Waals surface area contributed by atoms with Crippen LogP contribution < -0.4 is 0 Å². The van der Waals surface area contributed by atoms with Crippen LogP contribution in [0.25, 0.3) is 0 Å². The molecule has 0 saturated carbocycles. The molecule has 0 N–H and O–H groups in total. The van der Waals surface area contributed by atoms with E-state index in [0.29, 0.717) is 0 Å². The molecule has 0 amide bonds. The van der Waals surface area contributed by atoms with Crippen LogP contribution in [0.4, 0.5) is 0 Å². The fourth-order valence-electron chi connectivity index (χ4n) is 1.09. The van der Waals surface area contributed by atoms with Crippen molar-refractivity contribution in [2.24, 2.45) is 0 Å². The summed E-state index contributed by atoms with van der Waals surface area (Å²) in [7, 11) is -3.08. The zero-order valence-electron chi connectivity index (χ0n) is 10.7. The lowest BCUT2D eigenvalue weighted by molar-refractivity contribution is 0.0505. The predicted molar refractivity (Wildman–Crippen MR) is 64.3 cm³/mol. The highest BCUT2D eigenvalue weighted by Crippen LogP contribution is 2.54. The summed E-state index contributed by atoms with van der Waals surface area (Å²) in [6.45, 7) is 14.7. The van der Waals surface area contributed by atoms with Crippen LogP contribution in [0.3, 0.4) is 0 Å². The van der Waals surface area contributed by atoms with Gasteiger partial charge in [-0.2, -0.15) is 0 Å². The average molecular weight is 234 g/mol. The van der Waals surface area contributed by atoms with E-state index in [0.717, 1.165) is 0 Å². The van der Waals surface area contributed by atoms with Crippen molar-refractivity contribution in [1.29, 1.82) is 0 Å². The second-order valence-corrected chi connectivity index (χ2v) is 7.44. The fraction of sp³-hybridized carbons (Fsp3) is 0.818. The second kappa shape index (κ2) is 4.82. The lowest BCUT2D eigenvalue weighted by Gasteiger charge is -2.31. The van der Waals surface area contributed by atoms with E-state index in [1.54, 1.807) is 6.08 Å². The molecule has 0 aromatic rings. The number of rotatable bonds is 4. The summed E-state index contributed by atoms with van der Waals surface area (Å²) in [5.41, 5.74) is -0.965. The molecule has 0 saturated heterocycles. The Morgan fingerprint density at radius 3 is 1.60 bits per heavy atom. The topological polar surface area (TPSA) is 35.5 Å². The van der Waals surface area contributed by atoms with Gasteiger partial charge in [0.05, 0.1) is 17.4 Å². The van der Waals surface area contributed by atoms with Gasteiger partial charge >= 0.3 is 7.60 Å². The van der Waals surface area contributed by atoms with Crippen LogP contribution in [0.15, 0.2) is 12.7 Å². The first-order valence-corrected chi connectivity index (χ1v) is 6.82. The monoisotopic (exact) mass is 234 g/mol. The summed E-state index contributed by atoms with van der Waals surface area (Å²) in [5.74, 6) is 0. The lowest BCUT2D eigenvalue weighted by Crippen LogP contribution is -2.24. The van der Waals surface area contributed by atoms with E-state index in [1.807, 2.05) is 41.5 Å². The fourth-order valence-corrected chi connectivity index (χ4v) is 3.26. The van der Waals surface area contributed by atoms with Gasteiger partial charge in [0.15, 0.2) is 0 Å². The van der Waals surface area contributed by atoms with E-state index in [2.05, 4.69) is 6.58 Å². The van der Waals surface area contributed by atoms with Crippen molar-refractivity contribution in [1.82, 2.24) is 0 Å². The molecule has 0 heterocycles. The summed E-state index contributed by atoms with van der Waals surface area (Å²) in [6, 6.07) is 0. The van der Waals surface area contributed by atoms with Crippen molar-refractivity contribution in [3.8, 4) is 0 Å². The second-order valence-electron chi connectivity index (χ2n) is 5.49. The van der Waals surface area contributed by atoms with Crippen molar-refractivity contribution < 1.29 is 13.6 Å². The van der Waals surface area contributed by atoms with Crippen molar-refractivity contribution >= 4 is 7.60 Å². The molecule has 0 aromatic carbocycles. The highest BCUT2D eigenvalue weighted by Gasteiger charge is 2.33. The van der Waals surface area contributed by atoms with Crippen LogP contribution in [0, 0.1) is 0 Å². The van der Waals surface area contributed by atoms with Crippen LogP contribution >= 0.6 is 7.60 Å². The largest absolute Gasteiger partial charge is 0.335 e. The third-order valence-electron chi connectivity index (χ3n) is 1.18. The van der Waals surface area contributed by atoms with E-state index in [4.69, 9.17) is 9.05 Å². The first-order valence-electron chi connectivity index (χ1n) is 5.09. The summed E-state index contributed by atoms with van der Waals surface area (Å²) in [4.78, 5) is 0. The Morgan fingerprint density at radius 2 is 1.40 bits per heavy atom. The van der Waals surface area contributed by atoms with Crippen LogP contribution in [0.1, 0.15) is 41.5 Å². The molecular weight excluding hydrogens is 211 g/mol. The Hall–Kier alpha value is -0.110. The van der Waals surface area contributed by atoms with Gasteiger partial charge < -0.3 is 9.05 Å². The Kier molecular flexibility index (Phi) is 4.78. The van der Waals surface area contributed by atoms with Crippen molar-refractivity contribution in [3.63, 3.8) is 0 Å². The zero-order valence-corrected chi connectivity index (χ0v) is 11.6. The molecule has 0 aliphatic carbocycles. The van der Waals surface area contributed by atoms with E-state index < -0.39 is 18.8 Å². The molecule has 0 atom stereocenters. The minimum absolute atomic E-state index is 0.238. The normalized spacial score (nSPS) is 14.0. The highest BCUT2D eigenvalue weighted by atomic mass is 31.2. The Morgan fingerprint density at radius 1 is 1.07 bits per heavy atom. The molecule has 0 fully saturated rings. The summed E-state index contributed by atoms with van der Waals surface area (Å²) < 4.78 is 23.3. The molecular formula is C11H23O3P. The van der Waals surface area contributed by atoms with Crippen LogP contribution in [0.5, 0.6) is 0 Å². The highest BCUT2D eigenvalue weighted by molar-refractivity contribution is 7.54. The minimum Gasteiger partial charge on any atom is -0.303 e. The van der Waals surface area contributed by atoms with Crippen molar-refractivity contribution in [2.75, 3.05) is 6.16 Å². The molecule has 0 radical (unpaired) electrons. The van der Waals surface area contributed by atoms with Crippen LogP contribution in [0.2, 0.25) is 0 Å².